The van der Waals surface area contributed by atoms with Crippen LogP contribution in [0.3, 0.4) is 0 Å². The molecule has 49 heteroatoms. The average Bonchev–Trinajstić information content (AvgIpc) is 1.60. The molecule has 6 radical (unpaired) electrons. The van der Waals surface area contributed by atoms with Crippen LogP contribution in [0, 0.1) is 0 Å². The summed E-state index contributed by atoms with van der Waals surface area (Å²) in [7, 11) is 6.92. The van der Waals surface area contributed by atoms with E-state index in [9.17, 15) is 57.5 Å². The number of ether oxygens (including phenoxy) is 6. The number of thiophene rings is 4. The van der Waals surface area contributed by atoms with Crippen LogP contribution in [0.25, 0.3) is 162 Å². The third-order valence-corrected chi connectivity index (χ3v) is 27.1. The molecule has 680 valence electrons. The van der Waals surface area contributed by atoms with Gasteiger partial charge in [-0.15, -0.1) is 45.3 Å². The molecule has 10 aromatic heterocycles. The Bertz CT molecular complexity index is 6260. The molecule has 3 aliphatic carbocycles. The predicted molar refractivity (Wildman–Crippen MR) is 516 cm³/mol. The van der Waals surface area contributed by atoms with Gasteiger partial charge in [0.15, 0.2) is 0 Å². The van der Waals surface area contributed by atoms with Crippen molar-refractivity contribution in [2.75, 3.05) is 42.7 Å². The number of benzene rings is 5. The molecule has 0 saturated heterocycles. The smallest absolute Gasteiger partial charge is 0.632 e. The van der Waals surface area contributed by atoms with E-state index in [1.54, 1.807) is 63.9 Å². The Hall–Kier alpha value is -9.12. The van der Waals surface area contributed by atoms with Crippen LogP contribution in [0.2, 0.25) is 0 Å². The summed E-state index contributed by atoms with van der Waals surface area (Å²) in [6, 6.07) is 59.9. The van der Waals surface area contributed by atoms with E-state index in [-0.39, 0.29) is 163 Å². The summed E-state index contributed by atoms with van der Waals surface area (Å²) < 4.78 is 27.6. The van der Waals surface area contributed by atoms with E-state index < -0.39 is 36.6 Å². The largest absolute Gasteiger partial charge is 2.00 e. The first kappa shape index (κ1) is 117. The van der Waals surface area contributed by atoms with Crippen molar-refractivity contribution in [1.82, 2.24) is 44.9 Å². The van der Waals surface area contributed by atoms with Crippen LogP contribution >= 0.6 is 96.8 Å². The molecule has 134 heavy (non-hydrogen) atoms. The number of carbonyl (C=O) groups is 6. The summed E-state index contributed by atoms with van der Waals surface area (Å²) in [5.74, 6) is 0. The number of amides is 6. The predicted octanol–water partition coefficient (Wildman–Crippen LogP) is 19.3. The maximum Gasteiger partial charge on any atom is 2.00 e. The first-order chi connectivity index (χ1) is 61.8. The van der Waals surface area contributed by atoms with Crippen LogP contribution in [-0.4, -0.2) is 160 Å². The molecule has 0 fully saturated rings. The SMILES string of the molecule is COC([NH-])=O.COC([NH-])=O.COC([NH-])=O.COC([NH-])=O.COC([NH-])=O.COC([NH-])=O.O=[C-]Pc1cc2c([nH]1)-c1ccc(-c3cc4ccc(-c5cnc(P[C-]=O)[nH]5)cc4s3)cc1CC2.O=[C-]Pc1cc2c([nH]1)-c1ccc(-c3cc4sc(-c5cnc(P[C-]=O)[nH]5)cc4s3)cc1CC2.O=[C-]Pc1cc2c([nH]1)-c1ccc(-c3ccc4cc(-c5cnc(P[C-]=O)[nH]5)sc4c3)cc1CC2.[V+2].[V+2].[V+2].[V+2].[V+2].[V+2]. The molecule has 6 unspecified atom stereocenters. The van der Waals surface area contributed by atoms with Gasteiger partial charge in [0.2, 0.25) is 36.6 Å². The topological polar surface area (TPSA) is 536 Å². The van der Waals surface area contributed by atoms with Gasteiger partial charge in [0.05, 0.1) is 105 Å². The number of carbonyl (C=O) groups excluding carboxylic acids is 12. The van der Waals surface area contributed by atoms with E-state index in [1.807, 2.05) is 36.2 Å². The molecular formula is C85H73N15O18P6S4V6. The number of aryl methyl sites for hydroxylation is 6. The zero-order valence-electron chi connectivity index (χ0n) is 70.7. The standard InChI is InChI=1S/2C25H17N3O2P2S.C23H15N3O2P2S2.6C2H5NO2.6V/c29-12-31-23-10-18-4-1-14-7-16(5-6-19(14)24(18)28-23)22-9-17-3-2-15(8-21(17)33-22)20-11-26-25(27-20)32-13-30;29-12-31-23-10-18-4-2-16-7-14(5-6-19(16)24(18)28-23)15-1-3-17-9-22(33-21(17)8-15)20-11-26-25(27-20)32-13-30;27-10-29-21-6-14-2-1-12-5-13(3-4-15(12)22(14)26-21)17-7-19-20(31-17)8-18(32-19)16-9-24-23(25-16)30-11-28;6*1-5-2(3)4;;;;;;/h2-3,5-11,28,31-32H,1,4H2,(H,26,27);1,3,5-11,28,31-32H,2,4H2,(H,26,27);3-9,26,29-30H,1-2H2,(H,24,25);6*1H3,(H2,3,4);;;;;;/q3*-2;;;;;;;6*+2/p-6. The van der Waals surface area contributed by atoms with E-state index in [1.165, 1.54) is 112 Å². The van der Waals surface area contributed by atoms with Gasteiger partial charge in [-0.05, 0) is 172 Å². The molecule has 0 bridgehead atoms. The summed E-state index contributed by atoms with van der Waals surface area (Å²) in [5.41, 5.74) is 64.4. The Labute approximate surface area is 865 Å². The Morgan fingerprint density at radius 1 is 0.291 bits per heavy atom. The Morgan fingerprint density at radius 3 is 0.903 bits per heavy atom. The van der Waals surface area contributed by atoms with Crippen molar-refractivity contribution >= 4 is 232 Å². The summed E-state index contributed by atoms with van der Waals surface area (Å²) in [5, 5.41) is 2.40. The number of aromatic amines is 6. The minimum atomic E-state index is -0.995. The summed E-state index contributed by atoms with van der Waals surface area (Å²) in [6.45, 7) is 0. The Kier molecular flexibility index (Phi) is 51.1. The monoisotopic (exact) mass is 2210 g/mol. The molecular weight excluding hydrogens is 2140 g/mol. The van der Waals surface area contributed by atoms with Crippen molar-refractivity contribution in [2.45, 2.75) is 38.5 Å². The number of aromatic nitrogens is 9. The number of fused-ring (bicyclic) bond motifs is 12. The van der Waals surface area contributed by atoms with Crippen molar-refractivity contribution in [3.05, 3.63) is 220 Å². The third kappa shape index (κ3) is 32.8. The van der Waals surface area contributed by atoms with Gasteiger partial charge in [-0.3, -0.25) is 28.8 Å². The fourth-order valence-electron chi connectivity index (χ4n) is 13.1. The van der Waals surface area contributed by atoms with Gasteiger partial charge in [-0.1, -0.05) is 66.7 Å². The number of rotatable bonds is 18. The van der Waals surface area contributed by atoms with E-state index >= 15 is 0 Å². The summed E-state index contributed by atoms with van der Waals surface area (Å²) in [4.78, 5) is 157. The molecule has 10 heterocycles. The first-order valence-electron chi connectivity index (χ1n) is 37.2. The number of methoxy groups -OCH3 is 6. The second kappa shape index (κ2) is 58.5. The normalized spacial score (nSPS) is 11.2. The fraction of sp³-hybridized carbons (Fsp3) is 0.141. The molecule has 18 rings (SSSR count). The molecule has 5 aromatic carbocycles. The third-order valence-electron chi connectivity index (χ3n) is 18.7. The van der Waals surface area contributed by atoms with Crippen molar-refractivity contribution in [3.63, 3.8) is 0 Å². The van der Waals surface area contributed by atoms with Gasteiger partial charge >= 0.3 is 111 Å². The van der Waals surface area contributed by atoms with Crippen LogP contribution < -0.4 is 33.0 Å². The van der Waals surface area contributed by atoms with Gasteiger partial charge in [0.25, 0.3) is 0 Å². The van der Waals surface area contributed by atoms with Crippen molar-refractivity contribution in [3.8, 4) is 98.2 Å². The zero-order chi connectivity index (χ0) is 92.1. The van der Waals surface area contributed by atoms with Crippen LogP contribution in [0.1, 0.15) is 33.4 Å². The minimum absolute atomic E-state index is 0. The maximum atomic E-state index is 10.8. The zero-order valence-corrected chi connectivity index (χ0v) is 88.3. The van der Waals surface area contributed by atoms with Crippen LogP contribution in [0.15, 0.2) is 152 Å². The van der Waals surface area contributed by atoms with E-state index in [0.717, 1.165) is 147 Å². The average molecular weight is 2210 g/mol. The quantitative estimate of drug-likeness (QED) is 0.0264. The number of hydrogen-bond donors (Lipinski definition) is 6. The van der Waals surface area contributed by atoms with Crippen LogP contribution in [-0.2, 0) is 207 Å². The van der Waals surface area contributed by atoms with Gasteiger partial charge in [-0.25, -0.2) is 76.9 Å². The van der Waals surface area contributed by atoms with Gasteiger partial charge < -0.3 is 121 Å². The fourth-order valence-corrected chi connectivity index (χ4v) is 20.5. The number of hydrogen-bond acceptors (Lipinski definition) is 25. The van der Waals surface area contributed by atoms with Crippen molar-refractivity contribution in [2.24, 2.45) is 0 Å². The Morgan fingerprint density at radius 2 is 0.545 bits per heavy atom. The van der Waals surface area contributed by atoms with Gasteiger partial charge in [0, 0.05) is 84.2 Å². The molecule has 0 aliphatic heterocycles. The molecule has 15 aromatic rings. The number of H-pyrrole nitrogens is 6. The number of imidazole rings is 3. The molecule has 33 nitrogen and oxygen atoms in total. The maximum absolute atomic E-state index is 10.8. The second-order valence-corrected chi connectivity index (χ2v) is 36.4. The Balaban J connectivity index is 0.000000357. The number of nitrogens with one attached hydrogen (secondary N) is 12. The second-order valence-electron chi connectivity index (χ2n) is 26.3. The molecule has 0 saturated carbocycles. The van der Waals surface area contributed by atoms with E-state index in [4.69, 9.17) is 34.4 Å². The summed E-state index contributed by atoms with van der Waals surface area (Å²) in [6.07, 6.45) is 5.31. The molecule has 6 atom stereocenters. The number of nitrogens with zero attached hydrogens (tertiary/aromatic N) is 3. The molecule has 3 aliphatic rings. The van der Waals surface area contributed by atoms with Crippen molar-refractivity contribution in [1.29, 1.82) is 0 Å². The molecule has 12 N–H and O–H groups in total. The minimum Gasteiger partial charge on any atom is -0.632 e. The van der Waals surface area contributed by atoms with Crippen molar-refractivity contribution < 1.29 is 197 Å². The van der Waals surface area contributed by atoms with Gasteiger partial charge in [0.1, 0.15) is 0 Å². The molecule has 6 amide bonds. The van der Waals surface area contributed by atoms with Crippen LogP contribution in [0.4, 0.5) is 28.8 Å². The van der Waals surface area contributed by atoms with Crippen LogP contribution in [0.5, 0.6) is 0 Å². The summed E-state index contributed by atoms with van der Waals surface area (Å²) >= 11 is 7.02. The van der Waals surface area contributed by atoms with E-state index in [0.29, 0.717) is 16.7 Å². The van der Waals surface area contributed by atoms with E-state index in [2.05, 4.69) is 207 Å². The van der Waals surface area contributed by atoms with Gasteiger partial charge in [-0.2, -0.15) is 25.7 Å². The molecule has 0 spiro atoms. The first-order valence-corrected chi connectivity index (χ1v) is 46.4.